The second kappa shape index (κ2) is 11.2. The maximum Gasteiger partial charge on any atom is 0.306 e. The molecule has 0 spiro atoms. The predicted molar refractivity (Wildman–Crippen MR) is 153 cm³/mol. The standard InChI is InChI=1S/C29H35N5O5S/c1-6-38-27(35)15-24(23-11-12-25-28(20(23)4)31-32-33(25)5)21-10-9-18(2)22(14-21)17-34-16-19(3)39-26-8-7-13-30-29(26)40(34,36)37/h7-14,19,24,36-37H,6,15-17H2,1-5H3/t19-,24?/m1/s1. The average Bonchev–Trinajstić information content (AvgIpc) is 3.26. The third-order valence-corrected chi connectivity index (χ3v) is 9.22. The van der Waals surface area contributed by atoms with Gasteiger partial charge in [-0.15, -0.1) is 5.10 Å². The van der Waals surface area contributed by atoms with Crippen molar-refractivity contribution < 1.29 is 23.4 Å². The van der Waals surface area contributed by atoms with Gasteiger partial charge in [0.1, 0.15) is 11.6 Å². The maximum absolute atomic E-state index is 12.8. The molecule has 1 aliphatic heterocycles. The lowest BCUT2D eigenvalue weighted by atomic mass is 9.84. The molecule has 0 bridgehead atoms. The van der Waals surface area contributed by atoms with Gasteiger partial charge in [-0.1, -0.05) is 40.3 Å². The average molecular weight is 566 g/mol. The Labute approximate surface area is 235 Å². The lowest BCUT2D eigenvalue weighted by Gasteiger charge is -2.40. The summed E-state index contributed by atoms with van der Waals surface area (Å²) in [5.41, 5.74) is 6.46. The van der Waals surface area contributed by atoms with Crippen molar-refractivity contribution in [3.63, 3.8) is 0 Å². The van der Waals surface area contributed by atoms with Gasteiger partial charge < -0.3 is 9.47 Å². The van der Waals surface area contributed by atoms with Crippen molar-refractivity contribution in [3.8, 4) is 5.75 Å². The summed E-state index contributed by atoms with van der Waals surface area (Å²) in [5, 5.41) is 8.65. The first-order chi connectivity index (χ1) is 19.1. The molecular weight excluding hydrogens is 530 g/mol. The largest absolute Gasteiger partial charge is 0.486 e. The first kappa shape index (κ1) is 28.0. The molecule has 0 radical (unpaired) electrons. The predicted octanol–water partition coefficient (Wildman–Crippen LogP) is 5.37. The number of carbonyl (C=O) groups is 1. The van der Waals surface area contributed by atoms with E-state index in [-0.39, 0.29) is 36.0 Å². The normalized spacial score (nSPS) is 18.4. The van der Waals surface area contributed by atoms with Crippen LogP contribution in [-0.4, -0.2) is 58.6 Å². The van der Waals surface area contributed by atoms with Crippen molar-refractivity contribution in [2.75, 3.05) is 13.2 Å². The van der Waals surface area contributed by atoms with Gasteiger partial charge in [-0.3, -0.25) is 13.9 Å². The van der Waals surface area contributed by atoms with Gasteiger partial charge in [-0.2, -0.15) is 4.31 Å². The first-order valence-corrected chi connectivity index (χ1v) is 14.8. The number of rotatable bonds is 7. The highest BCUT2D eigenvalue weighted by atomic mass is 32.3. The molecule has 11 heteroatoms. The Morgan fingerprint density at radius 2 is 2.02 bits per heavy atom. The molecule has 212 valence electrons. The lowest BCUT2D eigenvalue weighted by molar-refractivity contribution is -0.143. The van der Waals surface area contributed by atoms with Crippen LogP contribution in [0.3, 0.4) is 0 Å². The minimum Gasteiger partial charge on any atom is -0.486 e. The van der Waals surface area contributed by atoms with E-state index >= 15 is 0 Å². The first-order valence-electron chi connectivity index (χ1n) is 13.3. The molecule has 40 heavy (non-hydrogen) atoms. The summed E-state index contributed by atoms with van der Waals surface area (Å²) >= 11 is 0. The van der Waals surface area contributed by atoms with Crippen LogP contribution in [0.25, 0.3) is 11.0 Å². The number of hydrogen-bond donors (Lipinski definition) is 2. The van der Waals surface area contributed by atoms with Crippen LogP contribution in [-0.2, 0) is 23.1 Å². The zero-order valence-corrected chi connectivity index (χ0v) is 24.2. The molecule has 1 aliphatic rings. The van der Waals surface area contributed by atoms with Crippen LogP contribution in [0.4, 0.5) is 0 Å². The van der Waals surface area contributed by atoms with E-state index in [4.69, 9.17) is 9.47 Å². The van der Waals surface area contributed by atoms with Crippen molar-refractivity contribution in [3.05, 3.63) is 76.5 Å². The summed E-state index contributed by atoms with van der Waals surface area (Å²) in [6.07, 6.45) is 1.41. The number of benzene rings is 2. The number of hydrogen-bond acceptors (Lipinski definition) is 9. The van der Waals surface area contributed by atoms with Crippen molar-refractivity contribution >= 4 is 27.8 Å². The highest BCUT2D eigenvalue weighted by Gasteiger charge is 2.35. The molecule has 0 saturated carbocycles. The number of aryl methyl sites for hydroxylation is 3. The molecule has 0 saturated heterocycles. The summed E-state index contributed by atoms with van der Waals surface area (Å²) < 4.78 is 37.4. The van der Waals surface area contributed by atoms with Crippen LogP contribution >= 0.6 is 10.8 Å². The molecule has 2 aromatic heterocycles. The van der Waals surface area contributed by atoms with Gasteiger partial charge in [0.25, 0.3) is 0 Å². The summed E-state index contributed by atoms with van der Waals surface area (Å²) in [5.74, 6) is -0.199. The van der Waals surface area contributed by atoms with Crippen LogP contribution < -0.4 is 4.74 Å². The molecule has 0 fully saturated rings. The van der Waals surface area contributed by atoms with Gasteiger partial charge in [-0.25, -0.2) is 9.67 Å². The van der Waals surface area contributed by atoms with E-state index in [1.54, 1.807) is 28.0 Å². The Balaban J connectivity index is 1.55. The fraction of sp³-hybridized carbons (Fsp3) is 0.379. The third-order valence-electron chi connectivity index (χ3n) is 7.40. The van der Waals surface area contributed by atoms with Crippen LogP contribution in [0, 0.1) is 13.8 Å². The Kier molecular flexibility index (Phi) is 7.83. The number of ether oxygens (including phenoxy) is 2. The highest BCUT2D eigenvalue weighted by molar-refractivity contribution is 8.22. The zero-order valence-electron chi connectivity index (χ0n) is 23.4. The molecule has 2 N–H and O–H groups in total. The zero-order chi connectivity index (χ0) is 28.6. The Hall–Kier alpha value is -3.51. The maximum atomic E-state index is 12.8. The van der Waals surface area contributed by atoms with E-state index < -0.39 is 10.8 Å². The Morgan fingerprint density at radius 3 is 2.80 bits per heavy atom. The fourth-order valence-corrected chi connectivity index (χ4v) is 6.85. The van der Waals surface area contributed by atoms with E-state index in [0.29, 0.717) is 18.9 Å². The van der Waals surface area contributed by atoms with E-state index in [1.807, 2.05) is 58.2 Å². The summed E-state index contributed by atoms with van der Waals surface area (Å²) in [6, 6.07) is 13.5. The highest BCUT2D eigenvalue weighted by Crippen LogP contribution is 2.56. The molecule has 2 atom stereocenters. The monoisotopic (exact) mass is 565 g/mol. The number of aromatic nitrogens is 4. The van der Waals surface area contributed by atoms with E-state index in [2.05, 4.69) is 15.3 Å². The molecule has 5 rings (SSSR count). The quantitative estimate of drug-likeness (QED) is 0.285. The second-order valence-corrected chi connectivity index (χ2v) is 12.1. The number of carbonyl (C=O) groups excluding carboxylic acids is 1. The number of esters is 1. The van der Waals surface area contributed by atoms with Gasteiger partial charge in [0.05, 0.1) is 25.1 Å². The van der Waals surface area contributed by atoms with E-state index in [9.17, 15) is 13.9 Å². The fourth-order valence-electron chi connectivity index (χ4n) is 5.28. The molecule has 3 heterocycles. The Morgan fingerprint density at radius 1 is 1.23 bits per heavy atom. The number of fused-ring (bicyclic) bond motifs is 2. The minimum atomic E-state index is -3.40. The van der Waals surface area contributed by atoms with Gasteiger partial charge in [0.15, 0.2) is 5.75 Å². The van der Waals surface area contributed by atoms with E-state index in [0.717, 1.165) is 38.9 Å². The van der Waals surface area contributed by atoms with Crippen molar-refractivity contribution in [1.29, 1.82) is 0 Å². The number of pyridine rings is 1. The molecular formula is C29H35N5O5S. The van der Waals surface area contributed by atoms with Crippen molar-refractivity contribution in [1.82, 2.24) is 24.3 Å². The van der Waals surface area contributed by atoms with Gasteiger partial charge in [0, 0.05) is 25.7 Å². The van der Waals surface area contributed by atoms with Crippen LogP contribution in [0.2, 0.25) is 0 Å². The van der Waals surface area contributed by atoms with Crippen LogP contribution in [0.15, 0.2) is 53.7 Å². The molecule has 10 nitrogen and oxygen atoms in total. The van der Waals surface area contributed by atoms with Crippen LogP contribution in [0.5, 0.6) is 5.75 Å². The second-order valence-electron chi connectivity index (χ2n) is 10.2. The number of nitrogens with zero attached hydrogens (tertiary/aromatic N) is 5. The lowest BCUT2D eigenvalue weighted by Crippen LogP contribution is -2.33. The molecule has 2 aromatic carbocycles. The summed E-state index contributed by atoms with van der Waals surface area (Å²) in [6.45, 7) is 8.55. The van der Waals surface area contributed by atoms with Crippen LogP contribution in [0.1, 0.15) is 54.0 Å². The Bertz CT molecular complexity index is 1560. The van der Waals surface area contributed by atoms with Gasteiger partial charge >= 0.3 is 5.97 Å². The van der Waals surface area contributed by atoms with Gasteiger partial charge in [-0.05, 0) is 73.7 Å². The van der Waals surface area contributed by atoms with Crippen molar-refractivity contribution in [2.45, 2.75) is 57.7 Å². The third kappa shape index (κ3) is 5.29. The molecule has 0 aliphatic carbocycles. The van der Waals surface area contributed by atoms with Gasteiger partial charge in [0.2, 0.25) is 5.03 Å². The summed E-state index contributed by atoms with van der Waals surface area (Å²) in [7, 11) is -1.55. The smallest absolute Gasteiger partial charge is 0.306 e. The molecule has 0 amide bonds. The SMILES string of the molecule is CCOC(=O)CC(c1ccc(C)c(CN2C[C@@H](C)Oc3cccnc3S2(O)O)c1)c1ccc2c(nnn2C)c1C. The summed E-state index contributed by atoms with van der Waals surface area (Å²) in [4.78, 5) is 17.0. The molecule has 1 unspecified atom stereocenters. The van der Waals surface area contributed by atoms with Crippen molar-refractivity contribution in [2.24, 2.45) is 7.05 Å². The van der Waals surface area contributed by atoms with E-state index in [1.165, 1.54) is 6.20 Å². The minimum absolute atomic E-state index is 0.140. The molecule has 4 aromatic rings. The topological polar surface area (TPSA) is 123 Å².